The van der Waals surface area contributed by atoms with E-state index in [1.54, 1.807) is 7.11 Å². The molecule has 568 valence electrons. The van der Waals surface area contributed by atoms with Crippen molar-refractivity contribution in [1.29, 1.82) is 0 Å². The summed E-state index contributed by atoms with van der Waals surface area (Å²) in [7, 11) is -12.1. The lowest BCUT2D eigenvalue weighted by Crippen LogP contribution is -2.69. The molecular formula is C76H149IO14Si6. The number of methoxy groups -OCH3 is 1. The molecule has 5 fully saturated rings. The van der Waals surface area contributed by atoms with Gasteiger partial charge in [-0.3, -0.25) is 4.79 Å². The number of aliphatic hydroxyl groups excluding tert-OH is 1. The molecule has 5 rings (SSSR count). The Hall–Kier alpha value is 0.501. The summed E-state index contributed by atoms with van der Waals surface area (Å²) in [5, 5.41) is 9.84. The molecule has 5 heterocycles. The van der Waals surface area contributed by atoms with Crippen LogP contribution in [0.5, 0.6) is 0 Å². The molecule has 17 atom stereocenters. The van der Waals surface area contributed by atoms with Crippen molar-refractivity contribution in [1.82, 2.24) is 0 Å². The predicted molar refractivity (Wildman–Crippen MR) is 425 cm³/mol. The molecular weight excluding hydrogens is 1430 g/mol. The Labute approximate surface area is 614 Å². The average molecular weight is 1580 g/mol. The number of Topliss-reactive ketones (excluding diaryl/α,β-unsaturated/α-hetero) is 1. The minimum Gasteiger partial charge on any atom is -0.513 e. The van der Waals surface area contributed by atoms with Crippen molar-refractivity contribution in [3.8, 4) is 0 Å². The second-order valence-corrected chi connectivity index (χ2v) is 67.5. The third kappa shape index (κ3) is 22.8. The van der Waals surface area contributed by atoms with E-state index in [4.69, 9.17) is 55.0 Å². The standard InChI is InChI=1S/C76H149IO14Si6/c1-32-97(33-2,34-3)81-45-44-61-60(66(80-21)64(85-61)49-59(88-93(24,25)72(9,10)11)51-82-92(22,23)71(6,7)8)48-55(79)47-56-40-42-62-67(84-56)69(90-95(28,29)74(15,16)17)70(91-96(30,31)75(18,19)20)68(86-62)63(89-94(26,27)73(12,13)14)39-37-35-36-38-58-50-76(52-77)65(83-58)43-41-57(87-76)46-53(4)54(5)78/h37,39,53,56-70,78H,5,32-36,38,40-52H2,1-4,6-31H3/b39-37+/t53-,56?,57?,58+,59+,60?,61+,62+,63?,64-,65+,66-,67+,68+,69?,70?,76-/m1/s1. The molecule has 97 heavy (non-hydrogen) atoms. The van der Waals surface area contributed by atoms with Crippen LogP contribution in [0.1, 0.15) is 215 Å². The fourth-order valence-corrected chi connectivity index (χ4v) is 23.7. The number of alkyl halides is 1. The van der Waals surface area contributed by atoms with Crippen LogP contribution in [0.4, 0.5) is 0 Å². The van der Waals surface area contributed by atoms with E-state index < -0.39 is 80.4 Å². The molecule has 6 unspecified atom stereocenters. The SMILES string of the molecule is C=C(O)[C@H](C)CC1CC[C@@H]2O[C@@H](CCC/C=C/C(O[Si](C)(C)C(C)(C)C)[C@@H]3O[C@H]4CCC(CC(=O)CC5[C@H](CCO[Si](CC)(CC)CC)O[C@H](C[C@@H](CO[Si](C)(C)C(C)(C)C)O[Si](C)(C)C(C)(C)C)[C@@H]5OC)O[C@@H]4C(O[Si](C)(C)C(C)(C)C)C3O[Si](C)(C)C(C)(C)C)C[C@]2(CI)O1. The van der Waals surface area contributed by atoms with Gasteiger partial charge in [-0.05, 0) is 167 Å². The highest BCUT2D eigenvalue weighted by Crippen LogP contribution is 2.50. The fraction of sp³-hybridized carbons (Fsp3) is 0.934. The van der Waals surface area contributed by atoms with Crippen LogP contribution in [0.2, 0.25) is 109 Å². The lowest BCUT2D eigenvalue weighted by Gasteiger charge is -2.56. The van der Waals surface area contributed by atoms with Crippen LogP contribution < -0.4 is 0 Å². The van der Waals surface area contributed by atoms with Crippen LogP contribution >= 0.6 is 22.6 Å². The van der Waals surface area contributed by atoms with Crippen molar-refractivity contribution < 1.29 is 64.9 Å². The number of halogens is 1. The van der Waals surface area contributed by atoms with Crippen molar-refractivity contribution in [2.24, 2.45) is 11.8 Å². The first kappa shape index (κ1) is 88.1. The average Bonchev–Trinajstić information content (AvgIpc) is 1.68. The number of ketones is 1. The highest BCUT2D eigenvalue weighted by molar-refractivity contribution is 14.1. The Kier molecular flexibility index (Phi) is 31.4. The predicted octanol–water partition coefficient (Wildman–Crippen LogP) is 20.8. The molecule has 5 saturated heterocycles. The zero-order chi connectivity index (χ0) is 73.7. The second kappa shape index (κ2) is 34.6. The highest BCUT2D eigenvalue weighted by Gasteiger charge is 2.59. The topological polar surface area (TPSA) is 148 Å². The minimum absolute atomic E-state index is 0.00195. The maximum Gasteiger partial charge on any atom is 0.193 e. The van der Waals surface area contributed by atoms with E-state index >= 15 is 4.79 Å². The third-order valence-electron chi connectivity index (χ3n) is 25.9. The van der Waals surface area contributed by atoms with Gasteiger partial charge >= 0.3 is 0 Å². The van der Waals surface area contributed by atoms with Gasteiger partial charge in [0.25, 0.3) is 0 Å². The lowest BCUT2D eigenvalue weighted by atomic mass is 9.85. The molecule has 0 spiro atoms. The van der Waals surface area contributed by atoms with Gasteiger partial charge in [-0.15, -0.1) is 0 Å². The van der Waals surface area contributed by atoms with Crippen molar-refractivity contribution >= 4 is 78.3 Å². The lowest BCUT2D eigenvalue weighted by molar-refractivity contribution is -0.266. The summed E-state index contributed by atoms with van der Waals surface area (Å²) in [5.74, 6) is 0.188. The summed E-state index contributed by atoms with van der Waals surface area (Å²) in [5.41, 5.74) is -0.305. The molecule has 14 nitrogen and oxygen atoms in total. The van der Waals surface area contributed by atoms with Crippen LogP contribution in [-0.4, -0.2) is 177 Å². The summed E-state index contributed by atoms with van der Waals surface area (Å²) in [6, 6.07) is 3.21. The smallest absolute Gasteiger partial charge is 0.193 e. The van der Waals surface area contributed by atoms with Gasteiger partial charge in [0.15, 0.2) is 49.9 Å². The number of hydrogen-bond donors (Lipinski definition) is 1. The first-order valence-electron chi connectivity index (χ1n) is 38.2. The van der Waals surface area contributed by atoms with Gasteiger partial charge in [-0.2, -0.15) is 0 Å². The number of allylic oxidation sites excluding steroid dienone is 2. The van der Waals surface area contributed by atoms with Crippen molar-refractivity contribution in [2.45, 2.75) is 415 Å². The summed E-state index contributed by atoms with van der Waals surface area (Å²) >= 11 is 2.49. The number of carbonyl (C=O) groups excluding carboxylic acids is 1. The van der Waals surface area contributed by atoms with Crippen LogP contribution in [0, 0.1) is 11.8 Å². The largest absolute Gasteiger partial charge is 0.513 e. The van der Waals surface area contributed by atoms with Gasteiger partial charge < -0.3 is 60.1 Å². The zero-order valence-electron chi connectivity index (χ0n) is 67.7. The van der Waals surface area contributed by atoms with Gasteiger partial charge in [0.1, 0.15) is 35.8 Å². The van der Waals surface area contributed by atoms with Crippen molar-refractivity contribution in [3.63, 3.8) is 0 Å². The van der Waals surface area contributed by atoms with E-state index in [2.05, 4.69) is 231 Å². The van der Waals surface area contributed by atoms with Crippen molar-refractivity contribution in [3.05, 3.63) is 24.5 Å². The second-order valence-electron chi connectivity index (χ2n) is 38.1. The Morgan fingerprint density at radius 1 is 0.629 bits per heavy atom. The Bertz CT molecular complexity index is 2490. The van der Waals surface area contributed by atoms with Gasteiger partial charge in [0.2, 0.25) is 0 Å². The molecule has 0 amide bonds. The normalized spacial score (nSPS) is 30.4. The van der Waals surface area contributed by atoms with Crippen LogP contribution in [0.3, 0.4) is 0 Å². The van der Waals surface area contributed by atoms with E-state index in [1.165, 1.54) is 0 Å². The van der Waals surface area contributed by atoms with Crippen LogP contribution in [-0.2, 0) is 59.8 Å². The number of fused-ring (bicyclic) bond motifs is 2. The van der Waals surface area contributed by atoms with E-state index in [1.807, 2.05) is 6.92 Å². The highest BCUT2D eigenvalue weighted by atomic mass is 127. The van der Waals surface area contributed by atoms with E-state index in [-0.39, 0.29) is 116 Å². The van der Waals surface area contributed by atoms with Crippen LogP contribution in [0.25, 0.3) is 0 Å². The molecule has 0 aromatic carbocycles. The van der Waals surface area contributed by atoms with Gasteiger partial charge in [-0.25, -0.2) is 0 Å². The van der Waals surface area contributed by atoms with E-state index in [0.717, 1.165) is 67.5 Å². The fourth-order valence-electron chi connectivity index (χ4n) is 13.8. The van der Waals surface area contributed by atoms with Gasteiger partial charge in [0, 0.05) is 55.7 Å². The van der Waals surface area contributed by atoms with Gasteiger partial charge in [-0.1, -0.05) is 173 Å². The number of hydrogen-bond acceptors (Lipinski definition) is 14. The monoisotopic (exact) mass is 1580 g/mol. The van der Waals surface area contributed by atoms with Gasteiger partial charge in [0.05, 0.1) is 73.4 Å². The first-order chi connectivity index (χ1) is 44.3. The zero-order valence-corrected chi connectivity index (χ0v) is 75.8. The Morgan fingerprint density at radius 3 is 1.70 bits per heavy atom. The molecule has 5 aliphatic heterocycles. The number of rotatable bonds is 35. The molecule has 0 radical (unpaired) electrons. The van der Waals surface area contributed by atoms with Crippen molar-refractivity contribution in [2.75, 3.05) is 24.8 Å². The molecule has 0 aliphatic carbocycles. The quantitative estimate of drug-likeness (QED) is 0.0160. The molecule has 0 saturated carbocycles. The minimum atomic E-state index is -2.56. The molecule has 0 aromatic heterocycles. The summed E-state index contributed by atoms with van der Waals surface area (Å²) < 4.78 is 88.3. The molecule has 5 aliphatic rings. The van der Waals surface area contributed by atoms with Crippen LogP contribution in [0.15, 0.2) is 24.5 Å². The molecule has 0 bridgehead atoms. The summed E-state index contributed by atoms with van der Waals surface area (Å²) in [4.78, 5) is 15.3. The number of carbonyl (C=O) groups is 1. The van der Waals surface area contributed by atoms with E-state index in [0.29, 0.717) is 45.3 Å². The molecule has 0 aromatic rings. The third-order valence-corrected chi connectivity index (χ3v) is 54.3. The number of aliphatic hydroxyl groups is 1. The maximum absolute atomic E-state index is 15.3. The first-order valence-corrected chi connectivity index (χ1v) is 56.8. The Morgan fingerprint density at radius 2 is 1.18 bits per heavy atom. The summed E-state index contributed by atoms with van der Waals surface area (Å²) in [6.45, 7) is 71.7. The summed E-state index contributed by atoms with van der Waals surface area (Å²) in [6.07, 6.45) is 10.3. The number of ether oxygens (including phenoxy) is 6. The Balaban J connectivity index is 1.49. The van der Waals surface area contributed by atoms with E-state index in [9.17, 15) is 5.11 Å². The maximum atomic E-state index is 15.3. The molecule has 1 N–H and O–H groups in total. The molecule has 21 heteroatoms. The number of unbranched alkanes of at least 4 members (excludes halogenated alkanes) is 1.